The molecule has 0 radical (unpaired) electrons. The van der Waals surface area contributed by atoms with Gasteiger partial charge in [0.2, 0.25) is 0 Å². The zero-order valence-corrected chi connectivity index (χ0v) is 13.2. The van der Waals surface area contributed by atoms with Crippen molar-refractivity contribution in [2.45, 2.75) is 37.8 Å². The van der Waals surface area contributed by atoms with Crippen LogP contribution in [-0.4, -0.2) is 80.6 Å². The molecule has 1 atom stereocenters. The lowest BCUT2D eigenvalue weighted by atomic mass is 10.1. The predicted molar refractivity (Wildman–Crippen MR) is 78.8 cm³/mol. The number of ether oxygens (including phenoxy) is 1. The largest absolute Gasteiger partial charge is 0.368 e. The van der Waals surface area contributed by atoms with E-state index >= 15 is 0 Å². The Morgan fingerprint density at radius 3 is 2.24 bits per heavy atom. The molecule has 0 spiro atoms. The summed E-state index contributed by atoms with van der Waals surface area (Å²) in [6.45, 7) is 3.88. The van der Waals surface area contributed by atoms with Crippen LogP contribution in [-0.2, 0) is 19.4 Å². The van der Waals surface area contributed by atoms with Crippen molar-refractivity contribution in [3.8, 4) is 0 Å². The predicted octanol–water partition coefficient (Wildman–Crippen LogP) is -0.113. The van der Waals surface area contributed by atoms with Crippen LogP contribution in [0.25, 0.3) is 0 Å². The van der Waals surface area contributed by atoms with Gasteiger partial charge in [-0.05, 0) is 25.7 Å². The maximum absolute atomic E-state index is 12.3. The van der Waals surface area contributed by atoms with E-state index < -0.39 is 9.84 Å². The molecule has 1 amide bonds. The molecule has 0 aromatic carbocycles. The molecule has 3 fully saturated rings. The Balaban J connectivity index is 1.48. The third kappa shape index (κ3) is 3.57. The minimum absolute atomic E-state index is 0.137. The Hall–Kier alpha value is -0.660. The Morgan fingerprint density at radius 2 is 1.67 bits per heavy atom. The number of hydrogen-bond acceptors (Lipinski definition) is 5. The molecule has 7 heteroatoms. The lowest BCUT2D eigenvalue weighted by molar-refractivity contribution is -0.143. The minimum Gasteiger partial charge on any atom is -0.368 e. The van der Waals surface area contributed by atoms with Gasteiger partial charge in [0.1, 0.15) is 15.9 Å². The van der Waals surface area contributed by atoms with Crippen molar-refractivity contribution < 1.29 is 17.9 Å². The van der Waals surface area contributed by atoms with Crippen molar-refractivity contribution in [1.29, 1.82) is 0 Å². The molecule has 1 unspecified atom stereocenters. The normalized spacial score (nSPS) is 31.4. The van der Waals surface area contributed by atoms with Gasteiger partial charge < -0.3 is 9.64 Å². The number of nitrogens with zero attached hydrogens (tertiary/aromatic N) is 2. The number of hydrogen-bond donors (Lipinski definition) is 0. The van der Waals surface area contributed by atoms with Gasteiger partial charge in [-0.25, -0.2) is 8.42 Å². The van der Waals surface area contributed by atoms with Gasteiger partial charge in [0.25, 0.3) is 5.91 Å². The molecule has 0 saturated carbocycles. The summed E-state index contributed by atoms with van der Waals surface area (Å²) in [5.74, 6) is 0.762. The van der Waals surface area contributed by atoms with Gasteiger partial charge in [-0.1, -0.05) is 0 Å². The Bertz CT molecular complexity index is 465. The van der Waals surface area contributed by atoms with Gasteiger partial charge in [0.15, 0.2) is 0 Å². The SMILES string of the molecule is O=C(C1CCCO1)N1CCN(C2CCS(=O)(=O)CC2)CC1. The quantitative estimate of drug-likeness (QED) is 0.711. The van der Waals surface area contributed by atoms with Crippen molar-refractivity contribution in [2.75, 3.05) is 44.3 Å². The summed E-state index contributed by atoms with van der Waals surface area (Å²) in [6.07, 6.45) is 3.08. The summed E-state index contributed by atoms with van der Waals surface area (Å²) >= 11 is 0. The van der Waals surface area contributed by atoms with Crippen LogP contribution in [0.3, 0.4) is 0 Å². The fraction of sp³-hybridized carbons (Fsp3) is 0.929. The van der Waals surface area contributed by atoms with Crippen molar-refractivity contribution in [1.82, 2.24) is 9.80 Å². The minimum atomic E-state index is -2.80. The molecule has 0 bridgehead atoms. The molecule has 120 valence electrons. The Labute approximate surface area is 126 Å². The van der Waals surface area contributed by atoms with Crippen LogP contribution in [0.15, 0.2) is 0 Å². The first-order valence-corrected chi connectivity index (χ1v) is 9.72. The first-order valence-electron chi connectivity index (χ1n) is 7.90. The lowest BCUT2D eigenvalue weighted by Gasteiger charge is -2.41. The van der Waals surface area contributed by atoms with E-state index in [-0.39, 0.29) is 12.0 Å². The Kier molecular flexibility index (Phi) is 4.51. The fourth-order valence-electron chi connectivity index (χ4n) is 3.53. The van der Waals surface area contributed by atoms with Crippen LogP contribution in [0.4, 0.5) is 0 Å². The second-order valence-electron chi connectivity index (χ2n) is 6.25. The van der Waals surface area contributed by atoms with E-state index in [1.807, 2.05) is 4.90 Å². The van der Waals surface area contributed by atoms with Gasteiger partial charge in [0.05, 0.1) is 11.5 Å². The molecule has 0 N–H and O–H groups in total. The average Bonchev–Trinajstić information content (AvgIpc) is 3.01. The molecular weight excluding hydrogens is 292 g/mol. The van der Waals surface area contributed by atoms with Gasteiger partial charge in [-0.15, -0.1) is 0 Å². The van der Waals surface area contributed by atoms with Crippen LogP contribution >= 0.6 is 0 Å². The molecule has 3 saturated heterocycles. The molecule has 3 aliphatic rings. The third-order valence-corrected chi connectivity index (χ3v) is 6.59. The van der Waals surface area contributed by atoms with Crippen molar-refractivity contribution in [2.24, 2.45) is 0 Å². The monoisotopic (exact) mass is 316 g/mol. The molecular formula is C14H24N2O4S. The molecule has 3 heterocycles. The highest BCUT2D eigenvalue weighted by Crippen LogP contribution is 2.21. The van der Waals surface area contributed by atoms with Crippen molar-refractivity contribution in [3.63, 3.8) is 0 Å². The summed E-state index contributed by atoms with van der Waals surface area (Å²) in [5, 5.41) is 0. The third-order valence-electron chi connectivity index (χ3n) is 4.87. The van der Waals surface area contributed by atoms with Gasteiger partial charge >= 0.3 is 0 Å². The molecule has 0 aromatic rings. The average molecular weight is 316 g/mol. The summed E-state index contributed by atoms with van der Waals surface area (Å²) in [4.78, 5) is 16.5. The number of carbonyl (C=O) groups is 1. The van der Waals surface area contributed by atoms with E-state index in [0.29, 0.717) is 24.2 Å². The maximum atomic E-state index is 12.3. The van der Waals surface area contributed by atoms with E-state index in [1.165, 1.54) is 0 Å². The van der Waals surface area contributed by atoms with Crippen LogP contribution in [0.2, 0.25) is 0 Å². The second-order valence-corrected chi connectivity index (χ2v) is 8.55. The summed E-state index contributed by atoms with van der Waals surface area (Å²) in [5.41, 5.74) is 0. The number of amides is 1. The van der Waals surface area contributed by atoms with Crippen LogP contribution in [0.1, 0.15) is 25.7 Å². The molecule has 3 aliphatic heterocycles. The van der Waals surface area contributed by atoms with Gasteiger partial charge in [0, 0.05) is 38.8 Å². The highest BCUT2D eigenvalue weighted by molar-refractivity contribution is 7.91. The fourth-order valence-corrected chi connectivity index (χ4v) is 4.99. The first-order chi connectivity index (χ1) is 10.1. The molecule has 6 nitrogen and oxygen atoms in total. The zero-order chi connectivity index (χ0) is 14.9. The highest BCUT2D eigenvalue weighted by Gasteiger charge is 2.33. The summed E-state index contributed by atoms with van der Waals surface area (Å²) < 4.78 is 28.4. The van der Waals surface area contributed by atoms with Crippen LogP contribution in [0.5, 0.6) is 0 Å². The standard InChI is InChI=1S/C14H24N2O4S/c17-14(13-2-1-9-20-13)16-7-5-15(6-8-16)12-3-10-21(18,19)11-4-12/h12-13H,1-11H2. The second kappa shape index (κ2) is 6.22. The van der Waals surface area contributed by atoms with Gasteiger partial charge in [-0.3, -0.25) is 9.69 Å². The van der Waals surface area contributed by atoms with E-state index in [2.05, 4.69) is 4.90 Å². The van der Waals surface area contributed by atoms with E-state index in [0.717, 1.165) is 51.9 Å². The van der Waals surface area contributed by atoms with Crippen molar-refractivity contribution >= 4 is 15.7 Å². The topological polar surface area (TPSA) is 66.9 Å². The van der Waals surface area contributed by atoms with Gasteiger partial charge in [-0.2, -0.15) is 0 Å². The van der Waals surface area contributed by atoms with E-state index in [9.17, 15) is 13.2 Å². The Morgan fingerprint density at radius 1 is 1.00 bits per heavy atom. The first kappa shape index (κ1) is 15.2. The van der Waals surface area contributed by atoms with E-state index in [1.54, 1.807) is 0 Å². The number of piperazine rings is 1. The van der Waals surface area contributed by atoms with Crippen LogP contribution in [0, 0.1) is 0 Å². The maximum Gasteiger partial charge on any atom is 0.251 e. The van der Waals surface area contributed by atoms with Crippen LogP contribution < -0.4 is 0 Å². The summed E-state index contributed by atoms with van der Waals surface area (Å²) in [7, 11) is -2.80. The molecule has 21 heavy (non-hydrogen) atoms. The zero-order valence-electron chi connectivity index (χ0n) is 12.4. The van der Waals surface area contributed by atoms with E-state index in [4.69, 9.17) is 4.74 Å². The molecule has 0 aromatic heterocycles. The lowest BCUT2D eigenvalue weighted by Crippen LogP contribution is -2.55. The van der Waals surface area contributed by atoms with Crippen molar-refractivity contribution in [3.05, 3.63) is 0 Å². The number of sulfone groups is 1. The smallest absolute Gasteiger partial charge is 0.251 e. The molecule has 3 rings (SSSR count). The number of rotatable bonds is 2. The summed E-state index contributed by atoms with van der Waals surface area (Å²) in [6, 6.07) is 0.369. The highest BCUT2D eigenvalue weighted by atomic mass is 32.2. The number of carbonyl (C=O) groups excluding carboxylic acids is 1. The molecule has 0 aliphatic carbocycles.